The predicted molar refractivity (Wildman–Crippen MR) is 89.1 cm³/mol. The van der Waals surface area contributed by atoms with E-state index in [1.54, 1.807) is 4.52 Å². The first-order valence-electron chi connectivity index (χ1n) is 8.54. The van der Waals surface area contributed by atoms with Crippen LogP contribution in [-0.4, -0.2) is 37.6 Å². The second kappa shape index (κ2) is 6.68. The Morgan fingerprint density at radius 2 is 1.92 bits per heavy atom. The number of aryl methyl sites for hydroxylation is 1. The van der Waals surface area contributed by atoms with Crippen LogP contribution in [0.5, 0.6) is 0 Å². The van der Waals surface area contributed by atoms with Gasteiger partial charge in [0.05, 0.1) is 5.69 Å². The Morgan fingerprint density at radius 1 is 1.15 bits per heavy atom. The normalized spacial score (nSPS) is 18.5. The van der Waals surface area contributed by atoms with Crippen LogP contribution in [-0.2, 0) is 6.54 Å². The Hall–Kier alpha value is -2.48. The van der Waals surface area contributed by atoms with Gasteiger partial charge in [-0.1, -0.05) is 0 Å². The minimum Gasteiger partial charge on any atom is -0.298 e. The molecule has 1 aliphatic rings. The van der Waals surface area contributed by atoms with Crippen LogP contribution in [0.4, 0.5) is 13.2 Å². The van der Waals surface area contributed by atoms with E-state index in [1.165, 1.54) is 6.33 Å². The van der Waals surface area contributed by atoms with Crippen molar-refractivity contribution in [3.05, 3.63) is 58.9 Å². The molecule has 26 heavy (non-hydrogen) atoms. The maximum atomic E-state index is 13.5. The molecule has 0 aliphatic carbocycles. The second-order valence-corrected chi connectivity index (χ2v) is 6.74. The number of nitrogens with zero attached hydrogens (tertiary/aromatic N) is 5. The zero-order valence-electron chi connectivity index (χ0n) is 14.3. The number of rotatable bonds is 3. The molecule has 5 nitrogen and oxygen atoms in total. The summed E-state index contributed by atoms with van der Waals surface area (Å²) in [4.78, 5) is 10.6. The topological polar surface area (TPSA) is 46.3 Å². The van der Waals surface area contributed by atoms with Crippen molar-refractivity contribution in [1.29, 1.82) is 0 Å². The van der Waals surface area contributed by atoms with E-state index in [-0.39, 0.29) is 5.92 Å². The number of halogens is 3. The predicted octanol–water partition coefficient (Wildman–Crippen LogP) is 3.23. The van der Waals surface area contributed by atoms with Crippen molar-refractivity contribution in [2.45, 2.75) is 32.2 Å². The lowest BCUT2D eigenvalue weighted by atomic mass is 9.93. The van der Waals surface area contributed by atoms with Crippen molar-refractivity contribution in [3.8, 4) is 0 Å². The average molecular weight is 361 g/mol. The molecule has 1 fully saturated rings. The van der Waals surface area contributed by atoms with Gasteiger partial charge in [0, 0.05) is 24.7 Å². The molecule has 8 heteroatoms. The molecule has 0 bridgehead atoms. The van der Waals surface area contributed by atoms with Crippen molar-refractivity contribution in [2.24, 2.45) is 0 Å². The van der Waals surface area contributed by atoms with Gasteiger partial charge in [-0.25, -0.2) is 22.7 Å². The quantitative estimate of drug-likeness (QED) is 0.672. The van der Waals surface area contributed by atoms with Crippen LogP contribution in [0.3, 0.4) is 0 Å². The Kier molecular flexibility index (Phi) is 4.36. The van der Waals surface area contributed by atoms with E-state index in [2.05, 4.69) is 20.0 Å². The minimum atomic E-state index is -1.42. The van der Waals surface area contributed by atoms with Crippen molar-refractivity contribution in [3.63, 3.8) is 0 Å². The zero-order chi connectivity index (χ0) is 18.3. The standard InChI is InChI=1S/C18H18F3N5/c1-11-5-16(26-18(24-11)22-10-23-26)13-3-2-4-25(9-13)8-12-6-14(19)17(21)15(20)7-12/h5-7,10,13H,2-4,8-9H2,1H3/t13-/m0/s1. The molecule has 3 aromatic rings. The van der Waals surface area contributed by atoms with Crippen LogP contribution in [0.1, 0.15) is 35.7 Å². The summed E-state index contributed by atoms with van der Waals surface area (Å²) in [6.45, 7) is 3.83. The Balaban J connectivity index is 1.57. The summed E-state index contributed by atoms with van der Waals surface area (Å²) in [6.07, 6.45) is 3.42. The summed E-state index contributed by atoms with van der Waals surface area (Å²) in [5, 5.41) is 4.26. The fourth-order valence-corrected chi connectivity index (χ4v) is 3.65. The number of aromatic nitrogens is 4. The van der Waals surface area contributed by atoms with Crippen LogP contribution >= 0.6 is 0 Å². The second-order valence-electron chi connectivity index (χ2n) is 6.74. The molecule has 136 valence electrons. The lowest BCUT2D eigenvalue weighted by molar-refractivity contribution is 0.197. The van der Waals surface area contributed by atoms with E-state index in [1.807, 2.05) is 13.0 Å². The van der Waals surface area contributed by atoms with Gasteiger partial charge in [-0.05, 0) is 50.1 Å². The Morgan fingerprint density at radius 3 is 2.69 bits per heavy atom. The van der Waals surface area contributed by atoms with Gasteiger partial charge in [-0.2, -0.15) is 10.1 Å². The van der Waals surface area contributed by atoms with Gasteiger partial charge in [-0.15, -0.1) is 0 Å². The molecule has 3 heterocycles. The minimum absolute atomic E-state index is 0.213. The Bertz CT molecular complexity index is 932. The van der Waals surface area contributed by atoms with Gasteiger partial charge in [0.15, 0.2) is 17.5 Å². The van der Waals surface area contributed by atoms with Gasteiger partial charge < -0.3 is 0 Å². The smallest absolute Gasteiger partial charge is 0.252 e. The van der Waals surface area contributed by atoms with Gasteiger partial charge in [0.2, 0.25) is 0 Å². The molecular weight excluding hydrogens is 343 g/mol. The summed E-state index contributed by atoms with van der Waals surface area (Å²) in [5.74, 6) is -2.94. The summed E-state index contributed by atoms with van der Waals surface area (Å²) in [5.41, 5.74) is 2.34. The third-order valence-corrected chi connectivity index (χ3v) is 4.78. The van der Waals surface area contributed by atoms with Gasteiger partial charge in [0.1, 0.15) is 6.33 Å². The molecule has 0 spiro atoms. The van der Waals surface area contributed by atoms with Crippen LogP contribution < -0.4 is 0 Å². The molecule has 2 aromatic heterocycles. The third-order valence-electron chi connectivity index (χ3n) is 4.78. The highest BCUT2D eigenvalue weighted by atomic mass is 19.2. The highest BCUT2D eigenvalue weighted by Gasteiger charge is 2.25. The monoisotopic (exact) mass is 361 g/mol. The van der Waals surface area contributed by atoms with Gasteiger partial charge in [-0.3, -0.25) is 4.90 Å². The fourth-order valence-electron chi connectivity index (χ4n) is 3.65. The van der Waals surface area contributed by atoms with Crippen LogP contribution in [0.15, 0.2) is 24.5 Å². The number of piperidine rings is 1. The first-order valence-corrected chi connectivity index (χ1v) is 8.54. The first kappa shape index (κ1) is 17.0. The summed E-state index contributed by atoms with van der Waals surface area (Å²) < 4.78 is 41.8. The van der Waals surface area contributed by atoms with Crippen molar-refractivity contribution >= 4 is 5.78 Å². The van der Waals surface area contributed by atoms with E-state index in [9.17, 15) is 13.2 Å². The summed E-state index contributed by atoms with van der Waals surface area (Å²) >= 11 is 0. The number of fused-ring (bicyclic) bond motifs is 1. The lowest BCUT2D eigenvalue weighted by Gasteiger charge is -2.33. The number of likely N-dealkylation sites (tertiary alicyclic amines) is 1. The van der Waals surface area contributed by atoms with Crippen molar-refractivity contribution in [2.75, 3.05) is 13.1 Å². The zero-order valence-corrected chi connectivity index (χ0v) is 14.3. The van der Waals surface area contributed by atoms with E-state index in [0.29, 0.717) is 17.9 Å². The molecule has 0 unspecified atom stereocenters. The molecular formula is C18H18F3N5. The van der Waals surface area contributed by atoms with Crippen LogP contribution in [0, 0.1) is 24.4 Å². The lowest BCUT2D eigenvalue weighted by Crippen LogP contribution is -2.34. The molecule has 1 atom stereocenters. The first-order chi connectivity index (χ1) is 12.5. The van der Waals surface area contributed by atoms with Gasteiger partial charge >= 0.3 is 0 Å². The van der Waals surface area contributed by atoms with E-state index >= 15 is 0 Å². The van der Waals surface area contributed by atoms with Crippen molar-refractivity contribution in [1.82, 2.24) is 24.5 Å². The van der Waals surface area contributed by atoms with Crippen LogP contribution in [0.25, 0.3) is 5.78 Å². The van der Waals surface area contributed by atoms with E-state index < -0.39 is 17.5 Å². The maximum absolute atomic E-state index is 13.5. The SMILES string of the molecule is Cc1cc([C@H]2CCCN(Cc3cc(F)c(F)c(F)c3)C2)n2ncnc2n1. The summed E-state index contributed by atoms with van der Waals surface area (Å²) in [7, 11) is 0. The number of benzene rings is 1. The highest BCUT2D eigenvalue weighted by Crippen LogP contribution is 2.28. The molecule has 0 radical (unpaired) electrons. The highest BCUT2D eigenvalue weighted by molar-refractivity contribution is 5.31. The molecule has 0 N–H and O–H groups in total. The third kappa shape index (κ3) is 3.16. The molecule has 1 aromatic carbocycles. The fraction of sp³-hybridized carbons (Fsp3) is 0.389. The maximum Gasteiger partial charge on any atom is 0.252 e. The molecule has 0 amide bonds. The van der Waals surface area contributed by atoms with Crippen LogP contribution in [0.2, 0.25) is 0 Å². The molecule has 0 saturated carbocycles. The van der Waals surface area contributed by atoms with Crippen molar-refractivity contribution < 1.29 is 13.2 Å². The molecule has 1 saturated heterocycles. The average Bonchev–Trinajstić information content (AvgIpc) is 3.07. The van der Waals surface area contributed by atoms with Gasteiger partial charge in [0.25, 0.3) is 5.78 Å². The number of hydrogen-bond donors (Lipinski definition) is 0. The molecule has 4 rings (SSSR count). The largest absolute Gasteiger partial charge is 0.298 e. The van der Waals surface area contributed by atoms with E-state index in [4.69, 9.17) is 0 Å². The Labute approximate surface area is 148 Å². The van der Waals surface area contributed by atoms with E-state index in [0.717, 1.165) is 49.5 Å². The molecule has 1 aliphatic heterocycles. The summed E-state index contributed by atoms with van der Waals surface area (Å²) in [6, 6.07) is 4.13. The number of hydrogen-bond acceptors (Lipinski definition) is 4.